The molecule has 0 saturated heterocycles. The van der Waals surface area contributed by atoms with Gasteiger partial charge in [0.05, 0.1) is 0 Å². The molecule has 0 heterocycles. The Balaban J connectivity index is 1.49. The lowest BCUT2D eigenvalue weighted by Crippen LogP contribution is -2.15. The first-order valence-electron chi connectivity index (χ1n) is 9.87. The maximum Gasteiger partial charge on any atom is 0.131 e. The monoisotopic (exact) mass is 414 g/mol. The molecule has 0 saturated carbocycles. The van der Waals surface area contributed by atoms with Gasteiger partial charge in [0.2, 0.25) is 0 Å². The second-order valence-electron chi connectivity index (χ2n) is 6.96. The quantitative estimate of drug-likeness (QED) is 0.394. The van der Waals surface area contributed by atoms with E-state index in [0.29, 0.717) is 0 Å². The van der Waals surface area contributed by atoms with E-state index in [2.05, 4.69) is 72.8 Å². The molecule has 0 amide bonds. The molecule has 1 unspecified atom stereocenters. The van der Waals surface area contributed by atoms with Crippen LogP contribution in [-0.4, -0.2) is 6.16 Å². The van der Waals surface area contributed by atoms with E-state index in [1.165, 1.54) is 16.2 Å². The van der Waals surface area contributed by atoms with Crippen LogP contribution in [0.5, 0.6) is 0 Å². The molecule has 1 atom stereocenters. The highest BCUT2D eigenvalue weighted by Gasteiger charge is 2.13. The third kappa shape index (κ3) is 5.13. The van der Waals surface area contributed by atoms with E-state index in [1.54, 1.807) is 0 Å². The molecule has 29 heavy (non-hydrogen) atoms. The molecule has 0 aliphatic heterocycles. The topological polar surface area (TPSA) is 17.1 Å². The third-order valence-corrected chi connectivity index (χ3v) is 9.24. The highest BCUT2D eigenvalue weighted by molar-refractivity contribution is 7.73. The second kappa shape index (κ2) is 9.84. The summed E-state index contributed by atoms with van der Waals surface area (Å²) in [5.74, 6) is 0. The van der Waals surface area contributed by atoms with Crippen LogP contribution in [-0.2, 0) is 11.0 Å². The molecule has 0 spiro atoms. The summed E-state index contributed by atoms with van der Waals surface area (Å²) in [5.41, 5.74) is 1.30. The van der Waals surface area contributed by atoms with Crippen LogP contribution in [0.2, 0.25) is 0 Å². The molecule has 1 nitrogen and oxygen atoms in total. The fraction of sp³-hybridized carbons (Fsp3) is 0.0769. The minimum Gasteiger partial charge on any atom is -0.317 e. The summed E-state index contributed by atoms with van der Waals surface area (Å²) in [6.07, 6.45) is 2.12. The Hall–Kier alpha value is -2.46. The van der Waals surface area contributed by atoms with Crippen LogP contribution < -0.4 is 21.2 Å². The molecule has 144 valence electrons. The highest BCUT2D eigenvalue weighted by atomic mass is 31.1. The first-order valence-corrected chi connectivity index (χ1v) is 12.8. The fourth-order valence-corrected chi connectivity index (χ4v) is 7.10. The van der Waals surface area contributed by atoms with Gasteiger partial charge in [0, 0.05) is 10.6 Å². The van der Waals surface area contributed by atoms with E-state index < -0.39 is 7.80 Å². The van der Waals surface area contributed by atoms with Crippen molar-refractivity contribution in [2.24, 2.45) is 0 Å². The molecule has 0 aromatic heterocycles. The van der Waals surface area contributed by atoms with Crippen LogP contribution >= 0.6 is 15.7 Å². The maximum absolute atomic E-state index is 12.8. The van der Waals surface area contributed by atoms with Crippen molar-refractivity contribution in [3.8, 4) is 0 Å². The van der Waals surface area contributed by atoms with E-state index in [4.69, 9.17) is 0 Å². The minimum absolute atomic E-state index is 0.386. The van der Waals surface area contributed by atoms with E-state index in [1.807, 2.05) is 42.5 Å². The van der Waals surface area contributed by atoms with Crippen LogP contribution in [0, 0.1) is 0 Å². The van der Waals surface area contributed by atoms with Gasteiger partial charge in [-0.3, -0.25) is 0 Å². The Morgan fingerprint density at radius 3 is 1.52 bits per heavy atom. The maximum atomic E-state index is 12.8. The van der Waals surface area contributed by atoms with Gasteiger partial charge in [0.1, 0.15) is 7.80 Å². The van der Waals surface area contributed by atoms with Gasteiger partial charge in [-0.2, -0.15) is 0 Å². The SMILES string of the molecule is O=[PH](c1ccccc1)c1ccc(CCP(c2ccccc2)c2ccccc2)cc1. The number of aryl methyl sites for hydroxylation is 1. The molecule has 0 radical (unpaired) electrons. The van der Waals surface area contributed by atoms with E-state index in [0.717, 1.165) is 23.2 Å². The Bertz CT molecular complexity index is 1010. The zero-order chi connectivity index (χ0) is 19.9. The number of benzene rings is 4. The van der Waals surface area contributed by atoms with E-state index in [-0.39, 0.29) is 7.92 Å². The van der Waals surface area contributed by atoms with Crippen molar-refractivity contribution in [3.63, 3.8) is 0 Å². The summed E-state index contributed by atoms with van der Waals surface area (Å²) in [6, 6.07) is 39.8. The standard InChI is InChI=1S/C26H24OP2/c27-29(25-14-8-3-9-15-25)26-18-16-22(17-19-26)20-21-28(23-10-4-1-5-11-23)24-12-6-2-7-13-24/h1-19,29H,20-21H2. The highest BCUT2D eigenvalue weighted by Crippen LogP contribution is 2.34. The van der Waals surface area contributed by atoms with Gasteiger partial charge >= 0.3 is 0 Å². The molecule has 3 heteroatoms. The van der Waals surface area contributed by atoms with E-state index >= 15 is 0 Å². The molecule has 0 aliphatic rings. The molecule has 0 bridgehead atoms. The Kier molecular flexibility index (Phi) is 6.73. The Morgan fingerprint density at radius 2 is 1.00 bits per heavy atom. The summed E-state index contributed by atoms with van der Waals surface area (Å²) in [4.78, 5) is 0. The van der Waals surface area contributed by atoms with Gasteiger partial charge in [-0.1, -0.05) is 115 Å². The lowest BCUT2D eigenvalue weighted by molar-refractivity contribution is 0.598. The van der Waals surface area contributed by atoms with Crippen molar-refractivity contribution in [1.82, 2.24) is 0 Å². The predicted molar refractivity (Wildman–Crippen MR) is 129 cm³/mol. The average molecular weight is 414 g/mol. The predicted octanol–water partition coefficient (Wildman–Crippen LogP) is 4.87. The molecular weight excluding hydrogens is 390 g/mol. The summed E-state index contributed by atoms with van der Waals surface area (Å²) in [5, 5.41) is 4.68. The molecule has 0 N–H and O–H groups in total. The van der Waals surface area contributed by atoms with Gasteiger partial charge in [0.25, 0.3) is 0 Å². The molecular formula is C26H24OP2. The average Bonchev–Trinajstić information content (AvgIpc) is 2.81. The van der Waals surface area contributed by atoms with Gasteiger partial charge < -0.3 is 4.57 Å². The summed E-state index contributed by atoms with van der Waals surface area (Å²) < 4.78 is 12.8. The summed E-state index contributed by atoms with van der Waals surface area (Å²) in [6.45, 7) is 0. The molecule has 4 aromatic carbocycles. The van der Waals surface area contributed by atoms with Crippen molar-refractivity contribution < 1.29 is 4.57 Å². The van der Waals surface area contributed by atoms with Crippen molar-refractivity contribution in [3.05, 3.63) is 121 Å². The Labute approximate surface area is 175 Å². The number of hydrogen-bond acceptors (Lipinski definition) is 1. The Morgan fingerprint density at radius 1 is 0.552 bits per heavy atom. The fourth-order valence-electron chi connectivity index (χ4n) is 3.44. The van der Waals surface area contributed by atoms with Gasteiger partial charge in [0.15, 0.2) is 0 Å². The van der Waals surface area contributed by atoms with Crippen molar-refractivity contribution in [2.45, 2.75) is 6.42 Å². The zero-order valence-corrected chi connectivity index (χ0v) is 18.1. The van der Waals surface area contributed by atoms with Gasteiger partial charge in [-0.25, -0.2) is 0 Å². The molecule has 0 aliphatic carbocycles. The first kappa shape index (κ1) is 19.8. The zero-order valence-electron chi connectivity index (χ0n) is 16.2. The lowest BCUT2D eigenvalue weighted by atomic mass is 10.2. The minimum atomic E-state index is -1.92. The van der Waals surface area contributed by atoms with Crippen LogP contribution in [0.15, 0.2) is 115 Å². The number of rotatable bonds is 7. The van der Waals surface area contributed by atoms with E-state index in [9.17, 15) is 4.57 Å². The summed E-state index contributed by atoms with van der Waals surface area (Å²) >= 11 is 0. The molecule has 4 aromatic rings. The largest absolute Gasteiger partial charge is 0.317 e. The first-order chi connectivity index (χ1) is 14.3. The number of hydrogen-bond donors (Lipinski definition) is 0. The summed E-state index contributed by atoms with van der Waals surface area (Å²) in [7, 11) is -2.31. The molecule has 0 fully saturated rings. The van der Waals surface area contributed by atoms with Crippen molar-refractivity contribution >= 4 is 36.9 Å². The van der Waals surface area contributed by atoms with Crippen LogP contribution in [0.1, 0.15) is 5.56 Å². The van der Waals surface area contributed by atoms with Crippen LogP contribution in [0.25, 0.3) is 0 Å². The third-order valence-electron chi connectivity index (χ3n) is 5.01. The van der Waals surface area contributed by atoms with Gasteiger partial charge in [-0.15, -0.1) is 0 Å². The second-order valence-corrected chi connectivity index (χ2v) is 11.1. The van der Waals surface area contributed by atoms with Gasteiger partial charge in [-0.05, 0) is 36.7 Å². The van der Waals surface area contributed by atoms with Crippen LogP contribution in [0.3, 0.4) is 0 Å². The van der Waals surface area contributed by atoms with Crippen molar-refractivity contribution in [2.75, 3.05) is 6.16 Å². The van der Waals surface area contributed by atoms with Crippen LogP contribution in [0.4, 0.5) is 0 Å². The normalized spacial score (nSPS) is 12.0. The molecule has 4 rings (SSSR count). The lowest BCUT2D eigenvalue weighted by Gasteiger charge is -2.19. The van der Waals surface area contributed by atoms with Crippen molar-refractivity contribution in [1.29, 1.82) is 0 Å². The smallest absolute Gasteiger partial charge is 0.131 e.